The van der Waals surface area contributed by atoms with Gasteiger partial charge in [0.05, 0.1) is 6.61 Å². The summed E-state index contributed by atoms with van der Waals surface area (Å²) in [6, 6.07) is 7.94. The number of hydrogen-bond acceptors (Lipinski definition) is 4. The van der Waals surface area contributed by atoms with E-state index in [-0.39, 0.29) is 11.1 Å². The number of ether oxygens (including phenoxy) is 1. The first-order valence-corrected chi connectivity index (χ1v) is 6.65. The molecule has 0 aliphatic carbocycles. The molecule has 0 saturated carbocycles. The maximum atomic E-state index is 11.8. The lowest BCUT2D eigenvalue weighted by atomic mass is 9.86. The Kier molecular flexibility index (Phi) is 3.93. The Morgan fingerprint density at radius 1 is 1.25 bits per heavy atom. The third kappa shape index (κ3) is 2.90. The third-order valence-corrected chi connectivity index (χ3v) is 3.05. The summed E-state index contributed by atoms with van der Waals surface area (Å²) in [7, 11) is 0. The van der Waals surface area contributed by atoms with Crippen LogP contribution in [0.25, 0.3) is 11.3 Å². The topological polar surface area (TPSA) is 52.3 Å². The number of rotatable bonds is 3. The van der Waals surface area contributed by atoms with Crippen molar-refractivity contribution in [3.63, 3.8) is 0 Å². The van der Waals surface area contributed by atoms with E-state index in [0.29, 0.717) is 12.4 Å². The third-order valence-electron chi connectivity index (χ3n) is 3.05. The van der Waals surface area contributed by atoms with Gasteiger partial charge in [-0.15, -0.1) is 0 Å². The summed E-state index contributed by atoms with van der Waals surface area (Å²) in [6.45, 7) is 8.53. The fourth-order valence-corrected chi connectivity index (χ4v) is 1.92. The van der Waals surface area contributed by atoms with Crippen molar-refractivity contribution in [2.24, 2.45) is 0 Å². The SMILES string of the molecule is CCOC(=O)c1ncoc1-c1ccc(C(C)(C)C)cc1. The predicted octanol–water partition coefficient (Wildman–Crippen LogP) is 3.82. The summed E-state index contributed by atoms with van der Waals surface area (Å²) < 4.78 is 10.3. The van der Waals surface area contributed by atoms with E-state index >= 15 is 0 Å². The van der Waals surface area contributed by atoms with Crippen LogP contribution < -0.4 is 0 Å². The molecule has 106 valence electrons. The molecule has 20 heavy (non-hydrogen) atoms. The monoisotopic (exact) mass is 273 g/mol. The van der Waals surface area contributed by atoms with Crippen LogP contribution in [0.15, 0.2) is 35.1 Å². The van der Waals surface area contributed by atoms with Crippen molar-refractivity contribution in [2.45, 2.75) is 33.1 Å². The second-order valence-electron chi connectivity index (χ2n) is 5.58. The minimum absolute atomic E-state index is 0.0872. The summed E-state index contributed by atoms with van der Waals surface area (Å²) in [5, 5.41) is 0. The van der Waals surface area contributed by atoms with Gasteiger partial charge in [0.25, 0.3) is 0 Å². The van der Waals surface area contributed by atoms with Gasteiger partial charge in [0.15, 0.2) is 17.8 Å². The van der Waals surface area contributed by atoms with Crippen LogP contribution in [-0.2, 0) is 10.2 Å². The van der Waals surface area contributed by atoms with E-state index < -0.39 is 5.97 Å². The maximum absolute atomic E-state index is 11.8. The Morgan fingerprint density at radius 3 is 2.45 bits per heavy atom. The average molecular weight is 273 g/mol. The molecule has 2 aromatic rings. The van der Waals surface area contributed by atoms with Gasteiger partial charge in [-0.2, -0.15) is 0 Å². The molecule has 0 bridgehead atoms. The number of carbonyl (C=O) groups is 1. The Hall–Kier alpha value is -2.10. The van der Waals surface area contributed by atoms with Crippen LogP contribution in [0, 0.1) is 0 Å². The molecule has 1 aromatic carbocycles. The van der Waals surface area contributed by atoms with E-state index in [1.165, 1.54) is 12.0 Å². The van der Waals surface area contributed by atoms with E-state index in [0.717, 1.165) is 5.56 Å². The highest BCUT2D eigenvalue weighted by molar-refractivity contribution is 5.93. The molecule has 1 heterocycles. The average Bonchev–Trinajstić information content (AvgIpc) is 2.87. The van der Waals surface area contributed by atoms with Crippen LogP contribution in [0.4, 0.5) is 0 Å². The molecule has 1 aromatic heterocycles. The molecule has 0 N–H and O–H groups in total. The van der Waals surface area contributed by atoms with Crippen LogP contribution in [0.1, 0.15) is 43.7 Å². The summed E-state index contributed by atoms with van der Waals surface area (Å²) in [5.41, 5.74) is 2.34. The van der Waals surface area contributed by atoms with Gasteiger partial charge >= 0.3 is 5.97 Å². The quantitative estimate of drug-likeness (QED) is 0.798. The van der Waals surface area contributed by atoms with Crippen LogP contribution in [-0.4, -0.2) is 17.6 Å². The zero-order valence-corrected chi connectivity index (χ0v) is 12.3. The van der Waals surface area contributed by atoms with Gasteiger partial charge in [0.1, 0.15) is 0 Å². The fraction of sp³-hybridized carbons (Fsp3) is 0.375. The first-order valence-electron chi connectivity index (χ1n) is 6.65. The van der Waals surface area contributed by atoms with Gasteiger partial charge in [-0.3, -0.25) is 0 Å². The highest BCUT2D eigenvalue weighted by Gasteiger charge is 2.20. The molecule has 0 radical (unpaired) electrons. The predicted molar refractivity (Wildman–Crippen MR) is 76.6 cm³/mol. The first kappa shape index (κ1) is 14.3. The van der Waals surface area contributed by atoms with Gasteiger partial charge in [0.2, 0.25) is 0 Å². The van der Waals surface area contributed by atoms with Crippen molar-refractivity contribution in [2.75, 3.05) is 6.61 Å². The highest BCUT2D eigenvalue weighted by Crippen LogP contribution is 2.28. The number of aromatic nitrogens is 1. The second-order valence-corrected chi connectivity index (χ2v) is 5.58. The van der Waals surface area contributed by atoms with E-state index in [4.69, 9.17) is 9.15 Å². The normalized spacial score (nSPS) is 11.4. The Bertz CT molecular complexity index is 591. The first-order chi connectivity index (χ1) is 9.43. The number of esters is 1. The second kappa shape index (κ2) is 5.49. The molecule has 4 nitrogen and oxygen atoms in total. The minimum Gasteiger partial charge on any atom is -0.461 e. The van der Waals surface area contributed by atoms with Gasteiger partial charge in [-0.05, 0) is 17.9 Å². The fourth-order valence-electron chi connectivity index (χ4n) is 1.92. The van der Waals surface area contributed by atoms with E-state index in [1.807, 2.05) is 24.3 Å². The molecule has 0 aliphatic heterocycles. The molecule has 2 rings (SSSR count). The Morgan fingerprint density at radius 2 is 1.90 bits per heavy atom. The number of nitrogens with zero attached hydrogens (tertiary/aromatic N) is 1. The number of carbonyl (C=O) groups excluding carboxylic acids is 1. The molecule has 0 amide bonds. The summed E-state index contributed by atoms with van der Waals surface area (Å²) in [6.07, 6.45) is 1.26. The van der Waals surface area contributed by atoms with Crippen LogP contribution in [0.3, 0.4) is 0 Å². The van der Waals surface area contributed by atoms with Crippen LogP contribution in [0.2, 0.25) is 0 Å². The Balaban J connectivity index is 2.33. The zero-order valence-electron chi connectivity index (χ0n) is 12.3. The number of oxazole rings is 1. The van der Waals surface area contributed by atoms with Crippen LogP contribution in [0.5, 0.6) is 0 Å². The largest absolute Gasteiger partial charge is 0.461 e. The van der Waals surface area contributed by atoms with Crippen molar-refractivity contribution in [1.82, 2.24) is 4.98 Å². The molecular weight excluding hydrogens is 254 g/mol. The van der Waals surface area contributed by atoms with Crippen molar-refractivity contribution in [1.29, 1.82) is 0 Å². The Labute approximate surface area is 118 Å². The van der Waals surface area contributed by atoms with Gasteiger partial charge in [-0.1, -0.05) is 45.0 Å². The van der Waals surface area contributed by atoms with E-state index in [9.17, 15) is 4.79 Å². The molecule has 0 spiro atoms. The molecule has 0 fully saturated rings. The lowest BCUT2D eigenvalue weighted by molar-refractivity contribution is 0.0520. The molecule has 0 aliphatic rings. The van der Waals surface area contributed by atoms with Gasteiger partial charge < -0.3 is 9.15 Å². The number of hydrogen-bond donors (Lipinski definition) is 0. The van der Waals surface area contributed by atoms with Gasteiger partial charge in [-0.25, -0.2) is 9.78 Å². The molecular formula is C16H19NO3. The van der Waals surface area contributed by atoms with Gasteiger partial charge in [0, 0.05) is 5.56 Å². The maximum Gasteiger partial charge on any atom is 0.360 e. The van der Waals surface area contributed by atoms with E-state index in [1.54, 1.807) is 6.92 Å². The standard InChI is InChI=1S/C16H19NO3/c1-5-19-15(18)13-14(20-10-17-13)11-6-8-12(9-7-11)16(2,3)4/h6-10H,5H2,1-4H3. The van der Waals surface area contributed by atoms with Crippen molar-refractivity contribution in [3.05, 3.63) is 41.9 Å². The van der Waals surface area contributed by atoms with Crippen molar-refractivity contribution >= 4 is 5.97 Å². The smallest absolute Gasteiger partial charge is 0.360 e. The highest BCUT2D eigenvalue weighted by atomic mass is 16.5. The molecule has 4 heteroatoms. The number of benzene rings is 1. The minimum atomic E-state index is -0.462. The molecule has 0 unspecified atom stereocenters. The molecule has 0 atom stereocenters. The summed E-state index contributed by atoms with van der Waals surface area (Å²) >= 11 is 0. The summed E-state index contributed by atoms with van der Waals surface area (Å²) in [5.74, 6) is -0.0138. The van der Waals surface area contributed by atoms with E-state index in [2.05, 4.69) is 25.8 Å². The molecule has 0 saturated heterocycles. The van der Waals surface area contributed by atoms with Crippen LogP contribution >= 0.6 is 0 Å². The summed E-state index contributed by atoms with van der Waals surface area (Å²) in [4.78, 5) is 15.7. The van der Waals surface area contributed by atoms with Crippen molar-refractivity contribution < 1.29 is 13.9 Å². The lowest BCUT2D eigenvalue weighted by Gasteiger charge is -2.18. The van der Waals surface area contributed by atoms with Crippen molar-refractivity contribution in [3.8, 4) is 11.3 Å². The lowest BCUT2D eigenvalue weighted by Crippen LogP contribution is -2.10. The zero-order chi connectivity index (χ0) is 14.8.